The molecular weight excluding hydrogens is 318 g/mol. The van der Waals surface area contributed by atoms with E-state index in [1.165, 1.54) is 11.7 Å². The second-order valence-electron chi connectivity index (χ2n) is 4.22. The van der Waals surface area contributed by atoms with Crippen LogP contribution < -0.4 is 10.5 Å². The number of benzene rings is 1. The third kappa shape index (κ3) is 2.26. The molecule has 0 aliphatic carbocycles. The summed E-state index contributed by atoms with van der Waals surface area (Å²) in [5.74, 6) is -0.0125. The van der Waals surface area contributed by atoms with Gasteiger partial charge in [-0.25, -0.2) is 9.37 Å². The van der Waals surface area contributed by atoms with Crippen molar-refractivity contribution >= 4 is 40.3 Å². The van der Waals surface area contributed by atoms with E-state index in [1.54, 1.807) is 12.1 Å². The summed E-state index contributed by atoms with van der Waals surface area (Å²) in [6, 6.07) is 5.66. The van der Waals surface area contributed by atoms with Crippen LogP contribution >= 0.6 is 23.2 Å². The van der Waals surface area contributed by atoms with Crippen LogP contribution in [0.15, 0.2) is 24.3 Å². The smallest absolute Gasteiger partial charge is 0.215 e. The molecule has 2 aromatic heterocycles. The van der Waals surface area contributed by atoms with E-state index in [2.05, 4.69) is 9.97 Å². The largest absolute Gasteiger partial charge is 0.481 e. The van der Waals surface area contributed by atoms with Gasteiger partial charge >= 0.3 is 0 Å². The van der Waals surface area contributed by atoms with Gasteiger partial charge in [0.25, 0.3) is 0 Å². The zero-order valence-corrected chi connectivity index (χ0v) is 12.3. The molecule has 3 aromatic rings. The van der Waals surface area contributed by atoms with Crippen molar-refractivity contribution in [1.82, 2.24) is 14.5 Å². The molecular formula is C13H9Cl2FN4O. The molecule has 0 unspecified atom stereocenters. The Morgan fingerprint density at radius 2 is 1.86 bits per heavy atom. The lowest BCUT2D eigenvalue weighted by atomic mass is 10.3. The molecule has 0 aliphatic heterocycles. The van der Waals surface area contributed by atoms with Gasteiger partial charge < -0.3 is 10.5 Å². The van der Waals surface area contributed by atoms with E-state index in [1.807, 2.05) is 0 Å². The second-order valence-corrected chi connectivity index (χ2v) is 5.03. The second kappa shape index (κ2) is 5.05. The Morgan fingerprint density at radius 1 is 1.19 bits per heavy atom. The summed E-state index contributed by atoms with van der Waals surface area (Å²) in [6.45, 7) is 0. The van der Waals surface area contributed by atoms with Crippen molar-refractivity contribution in [3.8, 4) is 11.6 Å². The minimum absolute atomic E-state index is 0.107. The lowest BCUT2D eigenvalue weighted by Crippen LogP contribution is -2.04. The van der Waals surface area contributed by atoms with Crippen molar-refractivity contribution in [3.63, 3.8) is 0 Å². The minimum Gasteiger partial charge on any atom is -0.481 e. The Labute approximate surface area is 129 Å². The Bertz CT molecular complexity index is 827. The van der Waals surface area contributed by atoms with Crippen molar-refractivity contribution in [2.75, 3.05) is 12.8 Å². The van der Waals surface area contributed by atoms with Crippen LogP contribution in [0.1, 0.15) is 0 Å². The first-order valence-corrected chi connectivity index (χ1v) is 6.60. The standard InChI is InChI=1S/C13H9Cl2FN4O/c1-21-10-3-2-9-12(19-10)20(13(17)18-9)11-7(14)4-6(16)5-8(11)15/h2-5H,1H3,(H2,17,18). The lowest BCUT2D eigenvalue weighted by molar-refractivity contribution is 0.399. The molecule has 2 heterocycles. The molecule has 0 radical (unpaired) electrons. The lowest BCUT2D eigenvalue weighted by Gasteiger charge is -2.10. The van der Waals surface area contributed by atoms with Crippen LogP contribution in [-0.2, 0) is 0 Å². The number of aromatic nitrogens is 3. The van der Waals surface area contributed by atoms with Gasteiger partial charge in [0.2, 0.25) is 11.8 Å². The number of pyridine rings is 1. The van der Waals surface area contributed by atoms with Gasteiger partial charge in [-0.15, -0.1) is 0 Å². The molecule has 0 spiro atoms. The zero-order chi connectivity index (χ0) is 15.1. The average Bonchev–Trinajstić information content (AvgIpc) is 2.73. The number of hydrogen-bond acceptors (Lipinski definition) is 4. The van der Waals surface area contributed by atoms with Crippen molar-refractivity contribution in [2.45, 2.75) is 0 Å². The highest BCUT2D eigenvalue weighted by atomic mass is 35.5. The van der Waals surface area contributed by atoms with Crippen LogP contribution in [0.3, 0.4) is 0 Å². The van der Waals surface area contributed by atoms with E-state index in [0.717, 1.165) is 12.1 Å². The monoisotopic (exact) mass is 326 g/mol. The first-order chi connectivity index (χ1) is 10.0. The number of ether oxygens (including phenoxy) is 1. The Kier molecular flexibility index (Phi) is 3.35. The van der Waals surface area contributed by atoms with E-state index in [0.29, 0.717) is 22.7 Å². The zero-order valence-electron chi connectivity index (χ0n) is 10.8. The molecule has 0 aliphatic rings. The van der Waals surface area contributed by atoms with Gasteiger partial charge in [0, 0.05) is 6.07 Å². The highest BCUT2D eigenvalue weighted by Crippen LogP contribution is 2.34. The molecule has 3 rings (SSSR count). The highest BCUT2D eigenvalue weighted by molar-refractivity contribution is 6.38. The summed E-state index contributed by atoms with van der Waals surface area (Å²) in [5.41, 5.74) is 7.20. The van der Waals surface area contributed by atoms with Gasteiger partial charge in [-0.2, -0.15) is 4.98 Å². The number of fused-ring (bicyclic) bond motifs is 1. The molecule has 0 atom stereocenters. The Balaban J connectivity index is 2.37. The van der Waals surface area contributed by atoms with Crippen LogP contribution in [0.5, 0.6) is 5.88 Å². The van der Waals surface area contributed by atoms with E-state index in [4.69, 9.17) is 33.7 Å². The number of anilines is 1. The van der Waals surface area contributed by atoms with Gasteiger partial charge in [0.05, 0.1) is 22.8 Å². The molecule has 0 fully saturated rings. The summed E-state index contributed by atoms with van der Waals surface area (Å²) in [4.78, 5) is 8.46. The van der Waals surface area contributed by atoms with Crippen molar-refractivity contribution < 1.29 is 9.13 Å². The van der Waals surface area contributed by atoms with Gasteiger partial charge in [0.15, 0.2) is 5.65 Å². The van der Waals surface area contributed by atoms with Gasteiger partial charge in [0.1, 0.15) is 11.3 Å². The van der Waals surface area contributed by atoms with Gasteiger partial charge in [-0.05, 0) is 18.2 Å². The van der Waals surface area contributed by atoms with Gasteiger partial charge in [-0.3, -0.25) is 4.57 Å². The van der Waals surface area contributed by atoms with E-state index in [9.17, 15) is 4.39 Å². The SMILES string of the molecule is COc1ccc2nc(N)n(-c3c(Cl)cc(F)cc3Cl)c2n1. The molecule has 0 bridgehead atoms. The number of methoxy groups -OCH3 is 1. The molecule has 2 N–H and O–H groups in total. The van der Waals surface area contributed by atoms with Crippen LogP contribution in [-0.4, -0.2) is 21.6 Å². The Hall–Kier alpha value is -2.05. The number of nitrogens with zero attached hydrogens (tertiary/aromatic N) is 3. The van der Waals surface area contributed by atoms with Gasteiger partial charge in [-0.1, -0.05) is 23.2 Å². The van der Waals surface area contributed by atoms with E-state index in [-0.39, 0.29) is 16.0 Å². The topological polar surface area (TPSA) is 66.0 Å². The fraction of sp³-hybridized carbons (Fsp3) is 0.0769. The number of halogens is 3. The third-order valence-corrected chi connectivity index (χ3v) is 3.50. The number of hydrogen-bond donors (Lipinski definition) is 1. The maximum absolute atomic E-state index is 13.3. The van der Waals surface area contributed by atoms with E-state index >= 15 is 0 Å². The fourth-order valence-corrected chi connectivity index (χ4v) is 2.67. The summed E-state index contributed by atoms with van der Waals surface area (Å²) >= 11 is 12.2. The van der Waals surface area contributed by atoms with Crippen molar-refractivity contribution in [3.05, 3.63) is 40.1 Å². The number of imidazole rings is 1. The maximum atomic E-state index is 13.3. The maximum Gasteiger partial charge on any atom is 0.215 e. The third-order valence-electron chi connectivity index (χ3n) is 2.92. The van der Waals surface area contributed by atoms with Crippen LogP contribution in [0.2, 0.25) is 10.0 Å². The molecule has 21 heavy (non-hydrogen) atoms. The number of rotatable bonds is 2. The number of nitrogen functional groups attached to an aromatic ring is 1. The molecule has 5 nitrogen and oxygen atoms in total. The molecule has 0 saturated heterocycles. The molecule has 108 valence electrons. The minimum atomic E-state index is -0.540. The molecule has 0 saturated carbocycles. The Morgan fingerprint density at radius 3 is 2.48 bits per heavy atom. The first kappa shape index (κ1) is 13.9. The van der Waals surface area contributed by atoms with Crippen molar-refractivity contribution in [2.24, 2.45) is 0 Å². The first-order valence-electron chi connectivity index (χ1n) is 5.85. The number of nitrogens with two attached hydrogens (primary N) is 1. The fourth-order valence-electron chi connectivity index (χ4n) is 2.04. The van der Waals surface area contributed by atoms with Crippen LogP contribution in [0, 0.1) is 5.82 Å². The molecule has 8 heteroatoms. The summed E-state index contributed by atoms with van der Waals surface area (Å²) in [5, 5.41) is 0.214. The average molecular weight is 327 g/mol. The highest BCUT2D eigenvalue weighted by Gasteiger charge is 2.18. The predicted molar refractivity (Wildman–Crippen MR) is 79.8 cm³/mol. The van der Waals surface area contributed by atoms with Crippen molar-refractivity contribution in [1.29, 1.82) is 0 Å². The molecule has 0 amide bonds. The molecule has 1 aromatic carbocycles. The summed E-state index contributed by atoms with van der Waals surface area (Å²) in [7, 11) is 1.50. The quantitative estimate of drug-likeness (QED) is 0.783. The summed E-state index contributed by atoms with van der Waals surface area (Å²) in [6.07, 6.45) is 0. The predicted octanol–water partition coefficient (Wildman–Crippen LogP) is 3.46. The van der Waals surface area contributed by atoms with E-state index < -0.39 is 5.82 Å². The summed E-state index contributed by atoms with van der Waals surface area (Å²) < 4.78 is 19.9. The van der Waals surface area contributed by atoms with Crippen LogP contribution in [0.25, 0.3) is 16.9 Å². The van der Waals surface area contributed by atoms with Crippen LogP contribution in [0.4, 0.5) is 10.3 Å². The normalized spacial score (nSPS) is 11.0.